The highest BCUT2D eigenvalue weighted by Gasteiger charge is 2.14. The van der Waals surface area contributed by atoms with E-state index < -0.39 is 11.8 Å². The zero-order chi connectivity index (χ0) is 18.1. The van der Waals surface area contributed by atoms with Crippen LogP contribution in [0, 0.1) is 0 Å². The van der Waals surface area contributed by atoms with Crippen molar-refractivity contribution >= 4 is 17.5 Å². The molecule has 1 aliphatic carbocycles. The van der Waals surface area contributed by atoms with Gasteiger partial charge in [0.15, 0.2) is 11.5 Å². The average molecular weight is 347 g/mol. The van der Waals surface area contributed by atoms with Crippen LogP contribution >= 0.6 is 0 Å². The summed E-state index contributed by atoms with van der Waals surface area (Å²) in [6, 6.07) is 5.55. The van der Waals surface area contributed by atoms with Gasteiger partial charge in [0.1, 0.15) is 0 Å². The average Bonchev–Trinajstić information content (AvgIpc) is 2.66. The molecule has 1 saturated carbocycles. The van der Waals surface area contributed by atoms with Crippen LogP contribution in [0.5, 0.6) is 11.5 Å². The molecule has 0 spiro atoms. The first-order valence-electron chi connectivity index (χ1n) is 8.48. The van der Waals surface area contributed by atoms with E-state index in [1.54, 1.807) is 14.2 Å². The Balaban J connectivity index is 1.76. The molecule has 2 N–H and O–H groups in total. The number of hydrogen-bond acceptors (Lipinski definition) is 5. The molecule has 0 saturated heterocycles. The number of carbonyl (C=O) groups is 2. The zero-order valence-corrected chi connectivity index (χ0v) is 14.8. The minimum absolute atomic E-state index is 0.346. The molecule has 0 radical (unpaired) electrons. The number of benzene rings is 1. The van der Waals surface area contributed by atoms with Crippen molar-refractivity contribution in [2.24, 2.45) is 5.10 Å². The maximum atomic E-state index is 11.8. The van der Waals surface area contributed by atoms with Gasteiger partial charge in [-0.1, -0.05) is 12.5 Å². The third-order valence-electron chi connectivity index (χ3n) is 4.10. The van der Waals surface area contributed by atoms with Crippen LogP contribution in [0.1, 0.15) is 37.7 Å². The van der Waals surface area contributed by atoms with Gasteiger partial charge in [-0.2, -0.15) is 5.10 Å². The largest absolute Gasteiger partial charge is 0.493 e. The van der Waals surface area contributed by atoms with E-state index in [1.807, 2.05) is 18.2 Å². The van der Waals surface area contributed by atoms with Gasteiger partial charge >= 0.3 is 11.8 Å². The maximum Gasteiger partial charge on any atom is 0.329 e. The molecule has 2 rings (SSSR count). The second-order valence-corrected chi connectivity index (χ2v) is 5.87. The third-order valence-corrected chi connectivity index (χ3v) is 4.10. The number of carbonyl (C=O) groups excluding carboxylic acids is 2. The number of methoxy groups -OCH3 is 2. The Kier molecular flexibility index (Phi) is 7.25. The number of hydrazone groups is 1. The fourth-order valence-electron chi connectivity index (χ4n) is 2.69. The quantitative estimate of drug-likeness (QED) is 0.607. The van der Waals surface area contributed by atoms with E-state index in [4.69, 9.17) is 9.47 Å². The highest BCUT2D eigenvalue weighted by atomic mass is 16.5. The van der Waals surface area contributed by atoms with Gasteiger partial charge in [0, 0.05) is 12.3 Å². The van der Waals surface area contributed by atoms with E-state index in [0.717, 1.165) is 37.0 Å². The fraction of sp³-hybridized carbons (Fsp3) is 0.500. The molecule has 2 amide bonds. The van der Waals surface area contributed by atoms with E-state index in [2.05, 4.69) is 15.8 Å². The molecular formula is C18H25N3O4. The van der Waals surface area contributed by atoms with Gasteiger partial charge in [0.05, 0.1) is 14.2 Å². The molecule has 7 nitrogen and oxygen atoms in total. The lowest BCUT2D eigenvalue weighted by molar-refractivity contribution is -0.139. The Morgan fingerprint density at radius 2 is 1.76 bits per heavy atom. The summed E-state index contributed by atoms with van der Waals surface area (Å²) < 4.78 is 10.4. The molecule has 25 heavy (non-hydrogen) atoms. The lowest BCUT2D eigenvalue weighted by Gasteiger charge is -2.12. The van der Waals surface area contributed by atoms with Crippen LogP contribution in [-0.4, -0.2) is 38.3 Å². The summed E-state index contributed by atoms with van der Waals surface area (Å²) in [6.07, 6.45) is 5.73. The fourth-order valence-corrected chi connectivity index (χ4v) is 2.69. The number of rotatable bonds is 6. The summed E-state index contributed by atoms with van der Waals surface area (Å²) in [6.45, 7) is 0.346. The van der Waals surface area contributed by atoms with Gasteiger partial charge in [0.2, 0.25) is 0 Å². The van der Waals surface area contributed by atoms with Crippen LogP contribution in [0.15, 0.2) is 23.3 Å². The highest BCUT2D eigenvalue weighted by Crippen LogP contribution is 2.27. The molecule has 0 aromatic heterocycles. The topological polar surface area (TPSA) is 89.0 Å². The lowest BCUT2D eigenvalue weighted by atomic mass is 9.99. The van der Waals surface area contributed by atoms with E-state index >= 15 is 0 Å². The summed E-state index contributed by atoms with van der Waals surface area (Å²) in [5.74, 6) is -0.130. The Morgan fingerprint density at radius 3 is 2.44 bits per heavy atom. The summed E-state index contributed by atoms with van der Waals surface area (Å²) in [4.78, 5) is 23.5. The van der Waals surface area contributed by atoms with Crippen LogP contribution in [0.4, 0.5) is 0 Å². The minimum atomic E-state index is -0.731. The van der Waals surface area contributed by atoms with E-state index in [-0.39, 0.29) is 0 Å². The third kappa shape index (κ3) is 5.77. The molecule has 0 unspecified atom stereocenters. The molecule has 1 fully saturated rings. The monoisotopic (exact) mass is 347 g/mol. The smallest absolute Gasteiger partial charge is 0.329 e. The van der Waals surface area contributed by atoms with Gasteiger partial charge in [0.25, 0.3) is 0 Å². The second kappa shape index (κ2) is 9.66. The molecule has 1 aliphatic rings. The van der Waals surface area contributed by atoms with Crippen molar-refractivity contribution < 1.29 is 19.1 Å². The molecule has 1 aromatic rings. The molecule has 0 atom stereocenters. The van der Waals surface area contributed by atoms with Crippen molar-refractivity contribution in [1.82, 2.24) is 10.7 Å². The van der Waals surface area contributed by atoms with Crippen LogP contribution < -0.4 is 20.2 Å². The predicted molar refractivity (Wildman–Crippen MR) is 94.9 cm³/mol. The first kappa shape index (κ1) is 18.8. The Hall–Kier alpha value is -2.57. The number of nitrogens with zero attached hydrogens (tertiary/aromatic N) is 1. The summed E-state index contributed by atoms with van der Waals surface area (Å²) in [7, 11) is 3.15. The van der Waals surface area contributed by atoms with Gasteiger partial charge in [-0.25, -0.2) is 5.43 Å². The number of ether oxygens (including phenoxy) is 2. The van der Waals surface area contributed by atoms with Crippen molar-refractivity contribution in [2.75, 3.05) is 20.8 Å². The molecule has 136 valence electrons. The van der Waals surface area contributed by atoms with Crippen LogP contribution in [0.3, 0.4) is 0 Å². The van der Waals surface area contributed by atoms with Gasteiger partial charge < -0.3 is 14.8 Å². The van der Waals surface area contributed by atoms with Gasteiger partial charge in [-0.05, 0) is 49.8 Å². The number of nitrogens with one attached hydrogen (secondary N) is 2. The SMILES string of the molecule is COc1ccc(CCNC(=O)C(=O)NN=C2CCCCC2)cc1OC. The van der Waals surface area contributed by atoms with Gasteiger partial charge in [-0.3, -0.25) is 9.59 Å². The van der Waals surface area contributed by atoms with Crippen LogP contribution in [0.25, 0.3) is 0 Å². The van der Waals surface area contributed by atoms with Crippen LogP contribution in [-0.2, 0) is 16.0 Å². The van der Waals surface area contributed by atoms with Crippen molar-refractivity contribution in [3.63, 3.8) is 0 Å². The lowest BCUT2D eigenvalue weighted by Crippen LogP contribution is -2.39. The highest BCUT2D eigenvalue weighted by molar-refractivity contribution is 6.35. The molecular weight excluding hydrogens is 322 g/mol. The first-order chi connectivity index (χ1) is 12.1. The molecule has 0 bridgehead atoms. The maximum absolute atomic E-state index is 11.8. The summed E-state index contributed by atoms with van der Waals surface area (Å²) >= 11 is 0. The number of amides is 2. The zero-order valence-electron chi connectivity index (χ0n) is 14.8. The Bertz CT molecular complexity index is 635. The van der Waals surface area contributed by atoms with E-state index in [0.29, 0.717) is 24.5 Å². The van der Waals surface area contributed by atoms with E-state index in [1.165, 1.54) is 6.42 Å². The van der Waals surface area contributed by atoms with Crippen molar-refractivity contribution in [1.29, 1.82) is 0 Å². The normalized spacial score (nSPS) is 13.8. The van der Waals surface area contributed by atoms with Crippen molar-refractivity contribution in [3.05, 3.63) is 23.8 Å². The molecule has 7 heteroatoms. The van der Waals surface area contributed by atoms with Crippen molar-refractivity contribution in [2.45, 2.75) is 38.5 Å². The standard InChI is InChI=1S/C18H25N3O4/c1-24-15-9-8-13(12-16(15)25-2)10-11-19-17(22)18(23)21-20-14-6-4-3-5-7-14/h8-9,12H,3-7,10-11H2,1-2H3,(H,19,22)(H,21,23). The Morgan fingerprint density at radius 1 is 1.04 bits per heavy atom. The first-order valence-corrected chi connectivity index (χ1v) is 8.48. The molecule has 0 aliphatic heterocycles. The number of hydrogen-bond donors (Lipinski definition) is 2. The van der Waals surface area contributed by atoms with Crippen LogP contribution in [0.2, 0.25) is 0 Å². The van der Waals surface area contributed by atoms with E-state index in [9.17, 15) is 9.59 Å². The van der Waals surface area contributed by atoms with Gasteiger partial charge in [-0.15, -0.1) is 0 Å². The summed E-state index contributed by atoms with van der Waals surface area (Å²) in [5.41, 5.74) is 4.26. The predicted octanol–water partition coefficient (Wildman–Crippen LogP) is 1.80. The van der Waals surface area contributed by atoms with Crippen molar-refractivity contribution in [3.8, 4) is 11.5 Å². The second-order valence-electron chi connectivity index (χ2n) is 5.87. The Labute approximate surface area is 147 Å². The minimum Gasteiger partial charge on any atom is -0.493 e. The molecule has 0 heterocycles. The molecule has 1 aromatic carbocycles. The summed E-state index contributed by atoms with van der Waals surface area (Å²) in [5, 5.41) is 6.63.